The van der Waals surface area contributed by atoms with Crippen molar-refractivity contribution in [3.8, 4) is 0 Å². The molecule has 22 heavy (non-hydrogen) atoms. The predicted octanol–water partition coefficient (Wildman–Crippen LogP) is 2.23. The van der Waals surface area contributed by atoms with E-state index in [0.29, 0.717) is 23.2 Å². The van der Waals surface area contributed by atoms with Crippen LogP contribution in [0.15, 0.2) is 30.5 Å². The molecule has 1 saturated heterocycles. The van der Waals surface area contributed by atoms with E-state index in [4.69, 9.17) is 5.73 Å². The van der Waals surface area contributed by atoms with Gasteiger partial charge in [0.25, 0.3) is 5.91 Å². The monoisotopic (exact) mass is 313 g/mol. The molecule has 7 heteroatoms. The summed E-state index contributed by atoms with van der Waals surface area (Å²) in [5, 5.41) is 7.48. The van der Waals surface area contributed by atoms with E-state index < -0.39 is 0 Å². The van der Waals surface area contributed by atoms with Crippen LogP contribution in [0.2, 0.25) is 0 Å². The summed E-state index contributed by atoms with van der Waals surface area (Å²) in [6, 6.07) is 7.57. The second kappa shape index (κ2) is 5.10. The minimum Gasteiger partial charge on any atom is -0.375 e. The molecule has 112 valence electrons. The maximum Gasteiger partial charge on any atom is 0.255 e. The first kappa shape index (κ1) is 13.3. The van der Waals surface area contributed by atoms with Gasteiger partial charge in [-0.15, -0.1) is 0 Å². The van der Waals surface area contributed by atoms with E-state index in [2.05, 4.69) is 15.2 Å². The highest BCUT2D eigenvalue weighted by atomic mass is 32.1. The van der Waals surface area contributed by atoms with Crippen molar-refractivity contribution in [2.24, 2.45) is 0 Å². The van der Waals surface area contributed by atoms with Gasteiger partial charge in [0.2, 0.25) is 0 Å². The molecule has 3 heterocycles. The molecule has 4 rings (SSSR count). The van der Waals surface area contributed by atoms with Crippen molar-refractivity contribution >= 4 is 32.6 Å². The van der Waals surface area contributed by atoms with Gasteiger partial charge < -0.3 is 10.6 Å². The second-order valence-corrected chi connectivity index (χ2v) is 6.49. The van der Waals surface area contributed by atoms with Crippen molar-refractivity contribution < 1.29 is 4.79 Å². The van der Waals surface area contributed by atoms with Crippen LogP contribution in [-0.2, 0) is 0 Å². The largest absolute Gasteiger partial charge is 0.375 e. The fourth-order valence-corrected chi connectivity index (χ4v) is 3.83. The summed E-state index contributed by atoms with van der Waals surface area (Å²) >= 11 is 1.37. The number of anilines is 1. The minimum absolute atomic E-state index is 0.0521. The number of aromatic nitrogens is 3. The molecule has 0 bridgehead atoms. The van der Waals surface area contributed by atoms with Crippen molar-refractivity contribution in [1.29, 1.82) is 0 Å². The van der Waals surface area contributed by atoms with Crippen molar-refractivity contribution in [3.05, 3.63) is 41.7 Å². The van der Waals surface area contributed by atoms with E-state index in [1.54, 1.807) is 6.20 Å². The molecule has 2 aromatic heterocycles. The van der Waals surface area contributed by atoms with Gasteiger partial charge in [-0.3, -0.25) is 9.89 Å². The summed E-state index contributed by atoms with van der Waals surface area (Å²) in [4.78, 5) is 19.0. The van der Waals surface area contributed by atoms with Crippen molar-refractivity contribution in [3.63, 3.8) is 0 Å². The highest BCUT2D eigenvalue weighted by molar-refractivity contribution is 7.22. The van der Waals surface area contributed by atoms with Crippen LogP contribution in [0, 0.1) is 0 Å². The topological polar surface area (TPSA) is 87.9 Å². The normalized spacial score (nSPS) is 18.2. The first-order valence-corrected chi connectivity index (χ1v) is 7.97. The quantitative estimate of drug-likeness (QED) is 0.759. The Bertz CT molecular complexity index is 826. The Balaban J connectivity index is 1.61. The molecule has 1 amide bonds. The van der Waals surface area contributed by atoms with Gasteiger partial charge in [-0.2, -0.15) is 5.10 Å². The molecule has 1 aliphatic heterocycles. The smallest absolute Gasteiger partial charge is 0.255 e. The number of rotatable bonds is 2. The Labute approximate surface area is 131 Å². The number of nitrogens with one attached hydrogen (secondary N) is 1. The summed E-state index contributed by atoms with van der Waals surface area (Å²) in [6.45, 7) is 1.47. The Morgan fingerprint density at radius 1 is 1.41 bits per heavy atom. The number of hydrogen-bond donors (Lipinski definition) is 2. The number of nitrogens with zero attached hydrogens (tertiary/aromatic N) is 3. The molecular weight excluding hydrogens is 298 g/mol. The number of aromatic amines is 1. The van der Waals surface area contributed by atoms with Crippen LogP contribution < -0.4 is 5.73 Å². The zero-order chi connectivity index (χ0) is 15.1. The van der Waals surface area contributed by atoms with Gasteiger partial charge in [0.1, 0.15) is 0 Å². The van der Waals surface area contributed by atoms with Crippen molar-refractivity contribution in [2.75, 3.05) is 18.8 Å². The fraction of sp³-hybridized carbons (Fsp3) is 0.267. The molecule has 1 fully saturated rings. The molecule has 0 radical (unpaired) electrons. The van der Waals surface area contributed by atoms with Crippen LogP contribution in [0.25, 0.3) is 10.2 Å². The standard InChI is InChI=1S/C15H15N5OS/c16-15-18-12-3-1-2-10(13(12)22-15)14(21)20-7-5-9(8-20)11-4-6-17-19-11/h1-4,6,9H,5,7-8H2,(H2,16,18)(H,17,19). The number of benzene rings is 1. The molecule has 6 nitrogen and oxygen atoms in total. The molecule has 1 aliphatic rings. The van der Waals surface area contributed by atoms with Gasteiger partial charge in [0, 0.05) is 30.9 Å². The van der Waals surface area contributed by atoms with Crippen LogP contribution in [0.5, 0.6) is 0 Å². The fourth-order valence-electron chi connectivity index (χ4n) is 3.00. The third-order valence-corrected chi connectivity index (χ3v) is 5.03. The van der Waals surface area contributed by atoms with E-state index >= 15 is 0 Å². The number of hydrogen-bond acceptors (Lipinski definition) is 5. The maximum atomic E-state index is 12.8. The lowest BCUT2D eigenvalue weighted by Gasteiger charge is -2.16. The van der Waals surface area contributed by atoms with Crippen molar-refractivity contribution in [1.82, 2.24) is 20.1 Å². The second-order valence-electron chi connectivity index (χ2n) is 5.45. The molecule has 1 aromatic carbocycles. The van der Waals surface area contributed by atoms with Crippen LogP contribution >= 0.6 is 11.3 Å². The van der Waals surface area contributed by atoms with Gasteiger partial charge >= 0.3 is 0 Å². The number of amides is 1. The Hall–Kier alpha value is -2.41. The van der Waals surface area contributed by atoms with Crippen molar-refractivity contribution in [2.45, 2.75) is 12.3 Å². The number of carbonyl (C=O) groups is 1. The van der Waals surface area contributed by atoms with Gasteiger partial charge in [0.05, 0.1) is 15.8 Å². The number of H-pyrrole nitrogens is 1. The minimum atomic E-state index is 0.0521. The predicted molar refractivity (Wildman–Crippen MR) is 85.9 cm³/mol. The third-order valence-electron chi connectivity index (χ3n) is 4.10. The summed E-state index contributed by atoms with van der Waals surface area (Å²) in [6.07, 6.45) is 2.70. The first-order chi connectivity index (χ1) is 10.7. The van der Waals surface area contributed by atoms with E-state index in [0.717, 1.165) is 28.9 Å². The van der Waals surface area contributed by atoms with E-state index in [9.17, 15) is 4.79 Å². The van der Waals surface area contributed by atoms with Crippen LogP contribution in [0.3, 0.4) is 0 Å². The van der Waals surface area contributed by atoms with Crippen LogP contribution in [0.1, 0.15) is 28.4 Å². The molecule has 0 aliphatic carbocycles. The number of nitrogen functional groups attached to an aromatic ring is 1. The molecule has 1 unspecified atom stereocenters. The average molecular weight is 313 g/mol. The van der Waals surface area contributed by atoms with E-state index in [-0.39, 0.29) is 5.91 Å². The summed E-state index contributed by atoms with van der Waals surface area (Å²) in [5.74, 6) is 0.383. The Kier molecular flexibility index (Phi) is 3.07. The zero-order valence-corrected chi connectivity index (χ0v) is 12.6. The number of thiazole rings is 1. The number of likely N-dealkylation sites (tertiary alicyclic amines) is 1. The maximum absolute atomic E-state index is 12.8. The van der Waals surface area contributed by atoms with E-state index in [1.807, 2.05) is 29.2 Å². The highest BCUT2D eigenvalue weighted by Crippen LogP contribution is 2.31. The molecule has 3 N–H and O–H groups in total. The summed E-state index contributed by atoms with van der Waals surface area (Å²) in [7, 11) is 0. The van der Waals surface area contributed by atoms with E-state index in [1.165, 1.54) is 11.3 Å². The average Bonchev–Trinajstić information content (AvgIpc) is 3.24. The summed E-state index contributed by atoms with van der Waals surface area (Å²) in [5.41, 5.74) is 8.34. The lowest BCUT2D eigenvalue weighted by molar-refractivity contribution is 0.0793. The molecular formula is C15H15N5OS. The number of carbonyl (C=O) groups excluding carboxylic acids is 1. The lowest BCUT2D eigenvalue weighted by Crippen LogP contribution is -2.28. The van der Waals surface area contributed by atoms with Gasteiger partial charge in [-0.05, 0) is 24.6 Å². The molecule has 1 atom stereocenters. The zero-order valence-electron chi connectivity index (χ0n) is 11.8. The number of nitrogens with two attached hydrogens (primary N) is 1. The third kappa shape index (κ3) is 2.14. The summed E-state index contributed by atoms with van der Waals surface area (Å²) < 4.78 is 0.870. The van der Waals surface area contributed by atoms with Gasteiger partial charge in [-0.25, -0.2) is 4.98 Å². The van der Waals surface area contributed by atoms with Crippen LogP contribution in [0.4, 0.5) is 5.13 Å². The highest BCUT2D eigenvalue weighted by Gasteiger charge is 2.29. The van der Waals surface area contributed by atoms with Crippen LogP contribution in [-0.4, -0.2) is 39.1 Å². The Morgan fingerprint density at radius 2 is 2.32 bits per heavy atom. The first-order valence-electron chi connectivity index (χ1n) is 7.16. The molecule has 0 spiro atoms. The van der Waals surface area contributed by atoms with Gasteiger partial charge in [0.15, 0.2) is 5.13 Å². The number of fused-ring (bicyclic) bond motifs is 1. The molecule has 0 saturated carbocycles. The lowest BCUT2D eigenvalue weighted by atomic mass is 10.1. The SMILES string of the molecule is Nc1nc2cccc(C(=O)N3CCC(c4ccn[nH]4)C3)c2s1. The molecule has 3 aromatic rings. The Morgan fingerprint density at radius 3 is 3.14 bits per heavy atom. The van der Waals surface area contributed by atoms with Gasteiger partial charge in [-0.1, -0.05) is 17.4 Å².